The predicted octanol–water partition coefficient (Wildman–Crippen LogP) is 13.9. The van der Waals surface area contributed by atoms with Crippen molar-refractivity contribution in [3.05, 3.63) is 12.2 Å². The average Bonchev–Trinajstić information content (AvgIpc) is 3.00. The number of hydrogen-bond acceptors (Lipinski definition) is 3. The van der Waals surface area contributed by atoms with E-state index in [9.17, 15) is 8.42 Å². The number of allylic oxidation sites excluding steroid dienone is 1. The van der Waals surface area contributed by atoms with E-state index in [4.69, 9.17) is 8.74 Å². The molecule has 1 atom stereocenters. The summed E-state index contributed by atoms with van der Waals surface area (Å²) in [6.07, 6.45) is 48.5. The van der Waals surface area contributed by atoms with E-state index in [-0.39, 0.29) is 12.5 Å². The molecular weight excluding hydrogens is 564 g/mol. The van der Waals surface area contributed by atoms with Crippen LogP contribution in [-0.4, -0.2) is 19.6 Å². The lowest BCUT2D eigenvalue weighted by atomic mass is 9.99. The van der Waals surface area contributed by atoms with Crippen LogP contribution in [0.3, 0.4) is 0 Å². The van der Waals surface area contributed by atoms with Crippen molar-refractivity contribution < 1.29 is 17.2 Å². The van der Waals surface area contributed by atoms with E-state index in [0.717, 1.165) is 19.3 Å². The average molecular weight is 643 g/mol. The SMILES string of the molecule is CCCCCCCCCCCCCCCCCC/C=C/C(CCCCCCCCCCCCCCCCC)COS(=O)(=O)O. The van der Waals surface area contributed by atoms with Gasteiger partial charge in [-0.3, -0.25) is 4.55 Å². The van der Waals surface area contributed by atoms with Gasteiger partial charge in [-0.15, -0.1) is 0 Å². The molecule has 0 saturated heterocycles. The fourth-order valence-corrected chi connectivity index (χ4v) is 6.63. The molecular formula is C39H78O4S. The molecule has 0 bridgehead atoms. The van der Waals surface area contributed by atoms with Crippen molar-refractivity contribution >= 4 is 10.4 Å². The van der Waals surface area contributed by atoms with Crippen molar-refractivity contribution in [2.75, 3.05) is 6.61 Å². The molecule has 0 aliphatic heterocycles. The Bertz CT molecular complexity index is 676. The van der Waals surface area contributed by atoms with Crippen LogP contribution in [-0.2, 0) is 14.6 Å². The van der Waals surface area contributed by atoms with Gasteiger partial charge >= 0.3 is 10.4 Å². The molecule has 0 rings (SSSR count). The lowest BCUT2D eigenvalue weighted by Gasteiger charge is -2.12. The first-order valence-electron chi connectivity index (χ1n) is 19.8. The van der Waals surface area contributed by atoms with Crippen molar-refractivity contribution in [3.63, 3.8) is 0 Å². The van der Waals surface area contributed by atoms with Gasteiger partial charge < -0.3 is 0 Å². The number of unbranched alkanes of at least 4 members (excludes halogenated alkanes) is 30. The second kappa shape index (κ2) is 35.5. The van der Waals surface area contributed by atoms with E-state index in [1.165, 1.54) is 193 Å². The molecule has 0 aromatic rings. The van der Waals surface area contributed by atoms with Crippen LogP contribution in [0.5, 0.6) is 0 Å². The van der Waals surface area contributed by atoms with E-state index in [2.05, 4.69) is 26.0 Å². The minimum absolute atomic E-state index is 0.0485. The molecule has 44 heavy (non-hydrogen) atoms. The van der Waals surface area contributed by atoms with E-state index < -0.39 is 10.4 Å². The number of rotatable bonds is 37. The zero-order valence-corrected chi connectivity index (χ0v) is 30.7. The second-order valence-electron chi connectivity index (χ2n) is 13.7. The Kier molecular flexibility index (Phi) is 35.1. The molecule has 0 spiro atoms. The topological polar surface area (TPSA) is 63.6 Å². The van der Waals surface area contributed by atoms with E-state index >= 15 is 0 Å². The third-order valence-electron chi connectivity index (χ3n) is 9.24. The van der Waals surface area contributed by atoms with Crippen LogP contribution in [0, 0.1) is 5.92 Å². The molecule has 0 aliphatic carbocycles. The monoisotopic (exact) mass is 643 g/mol. The second-order valence-corrected chi connectivity index (χ2v) is 14.8. The highest BCUT2D eigenvalue weighted by atomic mass is 32.3. The summed E-state index contributed by atoms with van der Waals surface area (Å²) in [6.45, 7) is 4.61. The Morgan fingerprint density at radius 1 is 0.477 bits per heavy atom. The Morgan fingerprint density at radius 2 is 0.773 bits per heavy atom. The summed E-state index contributed by atoms with van der Waals surface area (Å²) in [5, 5.41) is 0. The van der Waals surface area contributed by atoms with Crippen molar-refractivity contribution in [2.24, 2.45) is 5.92 Å². The first-order valence-corrected chi connectivity index (χ1v) is 21.1. The molecule has 0 fully saturated rings. The van der Waals surface area contributed by atoms with Crippen molar-refractivity contribution in [3.8, 4) is 0 Å². The maximum absolute atomic E-state index is 11.1. The highest BCUT2D eigenvalue weighted by Gasteiger charge is 2.11. The molecule has 1 N–H and O–H groups in total. The first kappa shape index (κ1) is 43.6. The van der Waals surface area contributed by atoms with E-state index in [0.29, 0.717) is 0 Å². The maximum Gasteiger partial charge on any atom is 0.397 e. The summed E-state index contributed by atoms with van der Waals surface area (Å²) in [5.74, 6) is 0.0555. The molecule has 0 aromatic heterocycles. The molecule has 0 heterocycles. The van der Waals surface area contributed by atoms with Gasteiger partial charge in [-0.1, -0.05) is 219 Å². The van der Waals surface area contributed by atoms with Crippen LogP contribution < -0.4 is 0 Å². The summed E-state index contributed by atoms with van der Waals surface area (Å²) in [4.78, 5) is 0. The largest absolute Gasteiger partial charge is 0.397 e. The van der Waals surface area contributed by atoms with Crippen molar-refractivity contribution in [1.82, 2.24) is 0 Å². The van der Waals surface area contributed by atoms with Gasteiger partial charge in [0.15, 0.2) is 0 Å². The molecule has 5 heteroatoms. The van der Waals surface area contributed by atoms with Gasteiger partial charge in [-0.25, -0.2) is 4.18 Å². The van der Waals surface area contributed by atoms with Crippen LogP contribution in [0.2, 0.25) is 0 Å². The van der Waals surface area contributed by atoms with Gasteiger partial charge in [-0.2, -0.15) is 8.42 Å². The molecule has 264 valence electrons. The third-order valence-corrected chi connectivity index (χ3v) is 9.68. The predicted molar refractivity (Wildman–Crippen MR) is 194 cm³/mol. The van der Waals surface area contributed by atoms with E-state index in [1.54, 1.807) is 0 Å². The fourth-order valence-electron chi connectivity index (χ4n) is 6.29. The van der Waals surface area contributed by atoms with Gasteiger partial charge in [0.25, 0.3) is 0 Å². The third kappa shape index (κ3) is 37.8. The maximum atomic E-state index is 11.1. The minimum Gasteiger partial charge on any atom is -0.264 e. The molecule has 0 amide bonds. The molecule has 1 unspecified atom stereocenters. The quantitative estimate of drug-likeness (QED) is 0.0416. The summed E-state index contributed by atoms with van der Waals surface area (Å²) in [7, 11) is -4.38. The lowest BCUT2D eigenvalue weighted by molar-refractivity contribution is 0.234. The van der Waals surface area contributed by atoms with E-state index in [1.807, 2.05) is 0 Å². The normalized spacial score (nSPS) is 12.9. The van der Waals surface area contributed by atoms with Crippen LogP contribution in [0.15, 0.2) is 12.2 Å². The zero-order valence-electron chi connectivity index (χ0n) is 29.9. The van der Waals surface area contributed by atoms with Gasteiger partial charge in [0.1, 0.15) is 0 Å². The summed E-state index contributed by atoms with van der Waals surface area (Å²) in [6, 6.07) is 0. The summed E-state index contributed by atoms with van der Waals surface area (Å²) >= 11 is 0. The minimum atomic E-state index is -4.38. The van der Waals surface area contributed by atoms with Crippen molar-refractivity contribution in [1.29, 1.82) is 0 Å². The zero-order chi connectivity index (χ0) is 32.2. The van der Waals surface area contributed by atoms with Gasteiger partial charge in [-0.05, 0) is 19.3 Å². The Hall–Kier alpha value is -0.390. The van der Waals surface area contributed by atoms with Crippen LogP contribution in [0.25, 0.3) is 0 Å². The van der Waals surface area contributed by atoms with Gasteiger partial charge in [0, 0.05) is 5.92 Å². The fraction of sp³-hybridized carbons (Fsp3) is 0.949. The van der Waals surface area contributed by atoms with Crippen LogP contribution in [0.4, 0.5) is 0 Å². The van der Waals surface area contributed by atoms with Crippen molar-refractivity contribution in [2.45, 2.75) is 226 Å². The molecule has 0 radical (unpaired) electrons. The summed E-state index contributed by atoms with van der Waals surface area (Å²) < 4.78 is 36.0. The number of hydrogen-bond donors (Lipinski definition) is 1. The first-order chi connectivity index (χ1) is 21.5. The molecule has 0 aromatic carbocycles. The van der Waals surface area contributed by atoms with Gasteiger partial charge in [0.05, 0.1) is 6.61 Å². The van der Waals surface area contributed by atoms with Crippen LogP contribution >= 0.6 is 0 Å². The Morgan fingerprint density at radius 3 is 1.09 bits per heavy atom. The lowest BCUT2D eigenvalue weighted by Crippen LogP contribution is -2.12. The molecule has 4 nitrogen and oxygen atoms in total. The standard InChI is InChI=1S/C39H78O4S/c1-3-5-7-9-11-13-15-17-19-20-21-23-25-27-29-31-33-35-37-39(38-43-44(40,41)42)36-34-32-30-28-26-24-22-18-16-14-12-10-8-6-4-2/h35,37,39H,3-34,36,38H2,1-2H3,(H,40,41,42)/b37-35+. The smallest absolute Gasteiger partial charge is 0.264 e. The molecule has 0 aliphatic rings. The summed E-state index contributed by atoms with van der Waals surface area (Å²) in [5.41, 5.74) is 0. The Balaban J connectivity index is 3.72. The van der Waals surface area contributed by atoms with Gasteiger partial charge in [0.2, 0.25) is 0 Å². The highest BCUT2D eigenvalue weighted by Crippen LogP contribution is 2.18. The van der Waals surface area contributed by atoms with Crippen LogP contribution in [0.1, 0.15) is 226 Å². The molecule has 0 saturated carbocycles. The Labute approximate surface area is 277 Å². The highest BCUT2D eigenvalue weighted by molar-refractivity contribution is 7.80.